The zero-order valence-electron chi connectivity index (χ0n) is 10.9. The van der Waals surface area contributed by atoms with Gasteiger partial charge in [-0.2, -0.15) is 4.72 Å². The van der Waals surface area contributed by atoms with Gasteiger partial charge >= 0.3 is 5.97 Å². The van der Waals surface area contributed by atoms with Gasteiger partial charge in [0.2, 0.25) is 10.0 Å². The fourth-order valence-corrected chi connectivity index (χ4v) is 3.90. The first-order valence-corrected chi connectivity index (χ1v) is 8.54. The predicted octanol–water partition coefficient (Wildman–Crippen LogP) is 2.88. The minimum Gasteiger partial charge on any atom is -0.480 e. The first-order valence-electron chi connectivity index (χ1n) is 5.89. The van der Waals surface area contributed by atoms with E-state index in [4.69, 9.17) is 16.7 Å². The van der Waals surface area contributed by atoms with Gasteiger partial charge < -0.3 is 5.11 Å². The van der Waals surface area contributed by atoms with E-state index in [1.807, 2.05) is 0 Å². The Balaban J connectivity index is 3.13. The highest BCUT2D eigenvalue weighted by Crippen LogP contribution is 2.25. The highest BCUT2D eigenvalue weighted by atomic mass is 79.9. The van der Waals surface area contributed by atoms with Crippen LogP contribution in [0.15, 0.2) is 27.6 Å². The van der Waals surface area contributed by atoms with Crippen LogP contribution in [0.2, 0.25) is 5.02 Å². The summed E-state index contributed by atoms with van der Waals surface area (Å²) in [5, 5.41) is 9.16. The molecule has 0 saturated carbocycles. The fraction of sp³-hybridized carbons (Fsp3) is 0.417. The molecule has 0 unspecified atom stereocenters. The molecular weight excluding hydrogens is 370 g/mol. The average Bonchev–Trinajstić information content (AvgIpc) is 2.34. The molecule has 0 bridgehead atoms. The van der Waals surface area contributed by atoms with E-state index >= 15 is 0 Å². The Bertz CT molecular complexity index is 605. The van der Waals surface area contributed by atoms with E-state index in [1.165, 1.54) is 18.2 Å². The number of carboxylic acids is 1. The Labute approximate surface area is 131 Å². The Morgan fingerprint density at radius 2 is 2.10 bits per heavy atom. The van der Waals surface area contributed by atoms with Gasteiger partial charge in [0.05, 0.1) is 5.02 Å². The number of halogens is 2. The molecule has 0 radical (unpaired) electrons. The minimum atomic E-state index is -3.99. The lowest BCUT2D eigenvalue weighted by molar-refractivity contribution is -0.140. The number of aliphatic carboxylic acids is 1. The van der Waals surface area contributed by atoms with E-state index in [0.29, 0.717) is 10.9 Å². The molecule has 2 N–H and O–H groups in total. The van der Waals surface area contributed by atoms with Gasteiger partial charge in [-0.15, -0.1) is 0 Å². The standard InChI is InChI=1S/C12H15BrClNO4S/c1-3-7(2)11(12(16)17)15-20(18,19)10-5-4-8(13)6-9(10)14/h4-7,11,15H,3H2,1-2H3,(H,16,17)/t7-,11-/m0/s1. The van der Waals surface area contributed by atoms with Crippen molar-refractivity contribution in [1.29, 1.82) is 0 Å². The number of sulfonamides is 1. The fourth-order valence-electron chi connectivity index (χ4n) is 1.57. The van der Waals surface area contributed by atoms with Crippen LogP contribution in [0.4, 0.5) is 0 Å². The summed E-state index contributed by atoms with van der Waals surface area (Å²) in [6.45, 7) is 3.46. The molecule has 0 aliphatic carbocycles. The molecule has 1 rings (SSSR count). The zero-order chi connectivity index (χ0) is 15.5. The normalized spacial score (nSPS) is 14.8. The van der Waals surface area contributed by atoms with Crippen LogP contribution < -0.4 is 4.72 Å². The third kappa shape index (κ3) is 4.18. The first kappa shape index (κ1) is 17.4. The number of hydrogen-bond donors (Lipinski definition) is 2. The van der Waals surface area contributed by atoms with E-state index in [2.05, 4.69) is 20.7 Å². The highest BCUT2D eigenvalue weighted by Gasteiger charge is 2.30. The number of benzene rings is 1. The lowest BCUT2D eigenvalue weighted by atomic mass is 10.0. The second-order valence-electron chi connectivity index (χ2n) is 4.40. The molecule has 8 heteroatoms. The number of hydrogen-bond acceptors (Lipinski definition) is 3. The number of nitrogens with one attached hydrogen (secondary N) is 1. The van der Waals surface area contributed by atoms with E-state index in [-0.39, 0.29) is 15.8 Å². The molecule has 0 heterocycles. The van der Waals surface area contributed by atoms with Crippen LogP contribution >= 0.6 is 27.5 Å². The summed E-state index contributed by atoms with van der Waals surface area (Å²) in [6, 6.07) is 3.10. The largest absolute Gasteiger partial charge is 0.480 e. The third-order valence-electron chi connectivity index (χ3n) is 2.94. The molecule has 0 fully saturated rings. The van der Waals surface area contributed by atoms with Crippen LogP contribution in [-0.2, 0) is 14.8 Å². The molecular formula is C12H15BrClNO4S. The predicted molar refractivity (Wildman–Crippen MR) is 80.4 cm³/mol. The summed E-state index contributed by atoms with van der Waals surface area (Å²) in [5.74, 6) is -1.55. The average molecular weight is 385 g/mol. The molecule has 5 nitrogen and oxygen atoms in total. The van der Waals surface area contributed by atoms with E-state index in [9.17, 15) is 13.2 Å². The van der Waals surface area contributed by atoms with Gasteiger partial charge in [0.1, 0.15) is 10.9 Å². The number of rotatable bonds is 6. The Hall–Kier alpha value is -0.630. The molecule has 0 aliphatic rings. The van der Waals surface area contributed by atoms with Gasteiger partial charge in [-0.05, 0) is 24.1 Å². The minimum absolute atomic E-state index is 0.0279. The third-order valence-corrected chi connectivity index (χ3v) is 5.36. The first-order chi connectivity index (χ1) is 9.19. The zero-order valence-corrected chi connectivity index (χ0v) is 14.1. The number of carboxylic acid groups (broad SMARTS) is 1. The SMILES string of the molecule is CC[C@H](C)[C@H](NS(=O)(=O)c1ccc(Br)cc1Cl)C(=O)O. The lowest BCUT2D eigenvalue weighted by Gasteiger charge is -2.20. The van der Waals surface area contributed by atoms with Crippen molar-refractivity contribution in [3.8, 4) is 0 Å². The Morgan fingerprint density at radius 1 is 1.50 bits per heavy atom. The van der Waals surface area contributed by atoms with Crippen molar-refractivity contribution in [3.05, 3.63) is 27.7 Å². The van der Waals surface area contributed by atoms with Crippen LogP contribution in [0, 0.1) is 5.92 Å². The van der Waals surface area contributed by atoms with Gasteiger partial charge in [-0.3, -0.25) is 4.79 Å². The Morgan fingerprint density at radius 3 is 2.55 bits per heavy atom. The molecule has 0 spiro atoms. The van der Waals surface area contributed by atoms with Gasteiger partial charge in [0.15, 0.2) is 0 Å². The molecule has 112 valence electrons. The van der Waals surface area contributed by atoms with Crippen molar-refractivity contribution in [3.63, 3.8) is 0 Å². The van der Waals surface area contributed by atoms with Crippen molar-refractivity contribution in [2.45, 2.75) is 31.2 Å². The summed E-state index contributed by atoms with van der Waals surface area (Å²) in [4.78, 5) is 11.0. The topological polar surface area (TPSA) is 83.5 Å². The van der Waals surface area contributed by atoms with E-state index in [1.54, 1.807) is 13.8 Å². The molecule has 20 heavy (non-hydrogen) atoms. The molecule has 0 amide bonds. The molecule has 0 aliphatic heterocycles. The van der Waals surface area contributed by atoms with Crippen LogP contribution in [0.25, 0.3) is 0 Å². The summed E-state index contributed by atoms with van der Waals surface area (Å²) in [6.07, 6.45) is 0.535. The summed E-state index contributed by atoms with van der Waals surface area (Å²) in [7, 11) is -3.99. The molecule has 0 aromatic heterocycles. The molecule has 1 aromatic carbocycles. The monoisotopic (exact) mass is 383 g/mol. The van der Waals surface area contributed by atoms with Crippen LogP contribution in [-0.4, -0.2) is 25.5 Å². The number of carbonyl (C=O) groups is 1. The lowest BCUT2D eigenvalue weighted by Crippen LogP contribution is -2.44. The maximum absolute atomic E-state index is 12.2. The summed E-state index contributed by atoms with van der Waals surface area (Å²) in [5.41, 5.74) is 0. The van der Waals surface area contributed by atoms with E-state index in [0.717, 1.165) is 0 Å². The highest BCUT2D eigenvalue weighted by molar-refractivity contribution is 9.10. The molecule has 1 aromatic rings. The van der Waals surface area contributed by atoms with Crippen molar-refractivity contribution < 1.29 is 18.3 Å². The maximum Gasteiger partial charge on any atom is 0.322 e. The van der Waals surface area contributed by atoms with Gasteiger partial charge in [-0.1, -0.05) is 47.8 Å². The van der Waals surface area contributed by atoms with Crippen LogP contribution in [0.3, 0.4) is 0 Å². The van der Waals surface area contributed by atoms with Gasteiger partial charge in [0.25, 0.3) is 0 Å². The molecule has 0 saturated heterocycles. The molecule has 2 atom stereocenters. The van der Waals surface area contributed by atoms with Gasteiger partial charge in [0, 0.05) is 4.47 Å². The van der Waals surface area contributed by atoms with Gasteiger partial charge in [-0.25, -0.2) is 8.42 Å². The second-order valence-corrected chi connectivity index (χ2v) is 7.40. The van der Waals surface area contributed by atoms with E-state index < -0.39 is 22.0 Å². The van der Waals surface area contributed by atoms with Crippen molar-refractivity contribution >= 4 is 43.5 Å². The summed E-state index contributed by atoms with van der Waals surface area (Å²) >= 11 is 9.07. The smallest absolute Gasteiger partial charge is 0.322 e. The van der Waals surface area contributed by atoms with Crippen molar-refractivity contribution in [2.75, 3.05) is 0 Å². The van der Waals surface area contributed by atoms with Crippen molar-refractivity contribution in [2.24, 2.45) is 5.92 Å². The second kappa shape index (κ2) is 6.89. The Kier molecular flexibility index (Phi) is 6.00. The maximum atomic E-state index is 12.2. The quantitative estimate of drug-likeness (QED) is 0.790. The van der Waals surface area contributed by atoms with Crippen molar-refractivity contribution in [1.82, 2.24) is 4.72 Å². The summed E-state index contributed by atoms with van der Waals surface area (Å²) < 4.78 is 27.3. The van der Waals surface area contributed by atoms with Crippen LogP contribution in [0.1, 0.15) is 20.3 Å². The van der Waals surface area contributed by atoms with Crippen LogP contribution in [0.5, 0.6) is 0 Å².